The number of nitrogens with one attached hydrogen (secondary N) is 1. The van der Waals surface area contributed by atoms with Crippen LogP contribution in [0.2, 0.25) is 0 Å². The molecule has 2 amide bonds. The summed E-state index contributed by atoms with van der Waals surface area (Å²) in [4.78, 5) is 27.5. The second-order valence-electron chi connectivity index (χ2n) is 7.44. The smallest absolute Gasteiger partial charge is 0.244 e. The highest BCUT2D eigenvalue weighted by molar-refractivity contribution is 7.92. The number of hydrogen-bond donors (Lipinski definition) is 1. The number of amides is 2. The molecule has 8 nitrogen and oxygen atoms in total. The Labute approximate surface area is 194 Å². The summed E-state index contributed by atoms with van der Waals surface area (Å²) in [7, 11) is -2.38. The zero-order chi connectivity index (χ0) is 24.6. The summed E-state index contributed by atoms with van der Waals surface area (Å²) >= 11 is 0. The van der Waals surface area contributed by atoms with Crippen molar-refractivity contribution < 1.29 is 27.1 Å². The molecule has 2 rings (SSSR count). The number of carbonyl (C=O) groups excluding carboxylic acids is 2. The van der Waals surface area contributed by atoms with Crippen LogP contribution in [0.5, 0.6) is 5.75 Å². The van der Waals surface area contributed by atoms with Gasteiger partial charge in [0.25, 0.3) is 0 Å². The van der Waals surface area contributed by atoms with E-state index in [-0.39, 0.29) is 18.1 Å². The van der Waals surface area contributed by atoms with Gasteiger partial charge in [0.05, 0.1) is 19.1 Å². The average molecular weight is 480 g/mol. The number of halogens is 1. The molecule has 33 heavy (non-hydrogen) atoms. The van der Waals surface area contributed by atoms with Crippen molar-refractivity contribution in [3.8, 4) is 5.75 Å². The van der Waals surface area contributed by atoms with Crippen molar-refractivity contribution in [3.05, 3.63) is 59.9 Å². The van der Waals surface area contributed by atoms with Gasteiger partial charge in [0.2, 0.25) is 21.8 Å². The molecular weight excluding hydrogens is 449 g/mol. The molecule has 0 radical (unpaired) electrons. The van der Waals surface area contributed by atoms with Crippen molar-refractivity contribution in [3.63, 3.8) is 0 Å². The zero-order valence-electron chi connectivity index (χ0n) is 19.2. The van der Waals surface area contributed by atoms with Crippen LogP contribution in [0.3, 0.4) is 0 Å². The van der Waals surface area contributed by atoms with Gasteiger partial charge in [-0.05, 0) is 43.2 Å². The minimum Gasteiger partial charge on any atom is -0.497 e. The minimum atomic E-state index is -3.83. The molecule has 0 aliphatic heterocycles. The van der Waals surface area contributed by atoms with Gasteiger partial charge < -0.3 is 15.0 Å². The van der Waals surface area contributed by atoms with Crippen LogP contribution in [0.25, 0.3) is 0 Å². The van der Waals surface area contributed by atoms with Crippen molar-refractivity contribution in [2.24, 2.45) is 0 Å². The monoisotopic (exact) mass is 479 g/mol. The molecule has 0 bridgehead atoms. The van der Waals surface area contributed by atoms with Gasteiger partial charge in [0.1, 0.15) is 24.2 Å². The number of nitrogens with zero attached hydrogens (tertiary/aromatic N) is 2. The van der Waals surface area contributed by atoms with Crippen LogP contribution >= 0.6 is 0 Å². The number of methoxy groups -OCH3 is 1. The number of ether oxygens (including phenoxy) is 1. The molecule has 0 fully saturated rings. The van der Waals surface area contributed by atoms with Gasteiger partial charge in [-0.1, -0.05) is 25.1 Å². The lowest BCUT2D eigenvalue weighted by Crippen LogP contribution is -2.52. The number of rotatable bonds is 11. The van der Waals surface area contributed by atoms with Crippen LogP contribution in [0.1, 0.15) is 25.8 Å². The summed E-state index contributed by atoms with van der Waals surface area (Å²) in [6.45, 7) is 3.42. The van der Waals surface area contributed by atoms with Gasteiger partial charge in [-0.2, -0.15) is 0 Å². The van der Waals surface area contributed by atoms with E-state index in [4.69, 9.17) is 4.74 Å². The molecule has 0 aliphatic carbocycles. The molecule has 0 spiro atoms. The predicted molar refractivity (Wildman–Crippen MR) is 125 cm³/mol. The SMILES string of the molecule is CCNC(=O)C(CC)N(Cc1ccc(F)cc1)C(=O)CN(c1cccc(OC)c1)S(C)(=O)=O. The number of likely N-dealkylation sites (N-methyl/N-ethyl adjacent to an activating group) is 1. The molecule has 0 aromatic heterocycles. The Morgan fingerprint density at radius 1 is 1.12 bits per heavy atom. The maximum absolute atomic E-state index is 13.4. The molecule has 2 aromatic carbocycles. The first-order valence-electron chi connectivity index (χ1n) is 10.5. The van der Waals surface area contributed by atoms with Crippen molar-refractivity contribution >= 4 is 27.5 Å². The van der Waals surface area contributed by atoms with Crippen LogP contribution in [-0.2, 0) is 26.2 Å². The number of benzene rings is 2. The molecule has 1 atom stereocenters. The second kappa shape index (κ2) is 11.6. The van der Waals surface area contributed by atoms with E-state index in [1.165, 1.54) is 42.3 Å². The third-order valence-electron chi connectivity index (χ3n) is 5.02. The lowest BCUT2D eigenvalue weighted by atomic mass is 10.1. The Kier molecular flexibility index (Phi) is 9.22. The highest BCUT2D eigenvalue weighted by Gasteiger charge is 2.31. The lowest BCUT2D eigenvalue weighted by Gasteiger charge is -2.32. The third kappa shape index (κ3) is 7.18. The van der Waals surface area contributed by atoms with Crippen molar-refractivity contribution in [2.45, 2.75) is 32.9 Å². The maximum atomic E-state index is 13.4. The van der Waals surface area contributed by atoms with Gasteiger partial charge in [0.15, 0.2) is 0 Å². The maximum Gasteiger partial charge on any atom is 0.244 e. The fourth-order valence-electron chi connectivity index (χ4n) is 3.38. The van der Waals surface area contributed by atoms with Gasteiger partial charge in [0, 0.05) is 19.2 Å². The van der Waals surface area contributed by atoms with Crippen LogP contribution in [0, 0.1) is 5.82 Å². The lowest BCUT2D eigenvalue weighted by molar-refractivity contribution is -0.140. The Morgan fingerprint density at radius 2 is 1.79 bits per heavy atom. The average Bonchev–Trinajstić information content (AvgIpc) is 2.78. The highest BCUT2D eigenvalue weighted by atomic mass is 32.2. The molecule has 180 valence electrons. The Bertz CT molecular complexity index is 1060. The number of sulfonamides is 1. The van der Waals surface area contributed by atoms with E-state index in [1.54, 1.807) is 32.0 Å². The fraction of sp³-hybridized carbons (Fsp3) is 0.391. The molecule has 10 heteroatoms. The Balaban J connectivity index is 2.43. The van der Waals surface area contributed by atoms with Gasteiger partial charge >= 0.3 is 0 Å². The summed E-state index contributed by atoms with van der Waals surface area (Å²) in [5.74, 6) is -0.896. The van der Waals surface area contributed by atoms with Crippen molar-refractivity contribution in [1.82, 2.24) is 10.2 Å². The molecule has 1 unspecified atom stereocenters. The number of anilines is 1. The summed E-state index contributed by atoms with van der Waals surface area (Å²) in [6.07, 6.45) is 1.32. The Morgan fingerprint density at radius 3 is 2.33 bits per heavy atom. The fourth-order valence-corrected chi connectivity index (χ4v) is 4.22. The predicted octanol–water partition coefficient (Wildman–Crippen LogP) is 2.54. The molecule has 0 saturated carbocycles. The summed E-state index contributed by atoms with van der Waals surface area (Å²) in [5, 5.41) is 2.72. The minimum absolute atomic E-state index is 0.0183. The molecule has 0 aliphatic rings. The topological polar surface area (TPSA) is 96.0 Å². The van der Waals surface area contributed by atoms with E-state index >= 15 is 0 Å². The van der Waals surface area contributed by atoms with Gasteiger partial charge in [-0.3, -0.25) is 13.9 Å². The second-order valence-corrected chi connectivity index (χ2v) is 9.34. The Hall–Kier alpha value is -3.14. The van der Waals surface area contributed by atoms with Crippen LogP contribution in [0.4, 0.5) is 10.1 Å². The largest absolute Gasteiger partial charge is 0.497 e. The van der Waals surface area contributed by atoms with E-state index in [1.807, 2.05) is 0 Å². The van der Waals surface area contributed by atoms with Crippen molar-refractivity contribution in [1.29, 1.82) is 0 Å². The summed E-state index contributed by atoms with van der Waals surface area (Å²) in [5.41, 5.74) is 0.873. The van der Waals surface area contributed by atoms with Crippen LogP contribution in [-0.4, -0.2) is 57.6 Å². The first kappa shape index (κ1) is 26.1. The van der Waals surface area contributed by atoms with Crippen molar-refractivity contribution in [2.75, 3.05) is 30.8 Å². The standard InChI is InChI=1S/C23H30FN3O5S/c1-5-21(23(29)25-6-2)26(15-17-10-12-18(24)13-11-17)22(28)16-27(33(4,30)31)19-8-7-9-20(14-19)32-3/h7-14,21H,5-6,15-16H2,1-4H3,(H,25,29). The quantitative estimate of drug-likeness (QED) is 0.534. The zero-order valence-corrected chi connectivity index (χ0v) is 20.1. The van der Waals surface area contributed by atoms with E-state index in [2.05, 4.69) is 5.32 Å². The van der Waals surface area contributed by atoms with E-state index < -0.39 is 34.3 Å². The molecule has 2 aromatic rings. The summed E-state index contributed by atoms with van der Waals surface area (Å²) < 4.78 is 44.6. The molecule has 0 saturated heterocycles. The highest BCUT2D eigenvalue weighted by Crippen LogP contribution is 2.24. The molecular formula is C23H30FN3O5S. The van der Waals surface area contributed by atoms with Gasteiger partial charge in [-0.25, -0.2) is 12.8 Å². The third-order valence-corrected chi connectivity index (χ3v) is 6.16. The molecule has 0 heterocycles. The number of hydrogen-bond acceptors (Lipinski definition) is 5. The van der Waals surface area contributed by atoms with Crippen LogP contribution in [0.15, 0.2) is 48.5 Å². The molecule has 1 N–H and O–H groups in total. The van der Waals surface area contributed by atoms with E-state index in [0.717, 1.165) is 10.6 Å². The normalized spacial score (nSPS) is 12.0. The van der Waals surface area contributed by atoms with Gasteiger partial charge in [-0.15, -0.1) is 0 Å². The first-order valence-corrected chi connectivity index (χ1v) is 12.4. The summed E-state index contributed by atoms with van der Waals surface area (Å²) in [6, 6.07) is 11.1. The van der Waals surface area contributed by atoms with Crippen LogP contribution < -0.4 is 14.4 Å². The first-order chi connectivity index (χ1) is 15.6. The number of carbonyl (C=O) groups is 2. The van der Waals surface area contributed by atoms with E-state index in [0.29, 0.717) is 24.3 Å². The van der Waals surface area contributed by atoms with E-state index in [9.17, 15) is 22.4 Å².